The number of hydrogen-bond acceptors (Lipinski definition) is 0. The average Bonchev–Trinajstić information content (AvgIpc) is 3.81. The second-order valence-electron chi connectivity index (χ2n) is 19.5. The Kier molecular flexibility index (Phi) is 9.33. The predicted octanol–water partition coefficient (Wildman–Crippen LogP) is 20.0. The summed E-state index contributed by atoms with van der Waals surface area (Å²) in [6.07, 6.45) is 0. The Morgan fingerprint density at radius 1 is 0.205 bits per heavy atom. The molecule has 0 fully saturated rings. The predicted molar refractivity (Wildman–Crippen MR) is 313 cm³/mol. The number of fused-ring (bicyclic) bond motifs is 12. The molecule has 0 N–H and O–H groups in total. The third kappa shape index (κ3) is 6.63. The zero-order valence-corrected chi connectivity index (χ0v) is 39.9. The lowest BCUT2D eigenvalue weighted by molar-refractivity contribution is 1.18. The van der Waals surface area contributed by atoms with Crippen molar-refractivity contribution in [1.82, 2.24) is 4.57 Å². The SMILES string of the molecule is c1ccc2c(-c3ccc(-c4ccc5c(c4)c4cc(-c6ccc(-c7cccc8ccccc78)cc6)ccc4c4c(-c6ccc(-n7c8ccccc8c8ccccc87)cc6)c6ccccc6cc54)cc3)cccc2c1. The Morgan fingerprint density at radius 3 is 1.18 bits per heavy atom. The lowest BCUT2D eigenvalue weighted by atomic mass is 9.84. The number of nitrogens with zero attached hydrogens (tertiary/aromatic N) is 1. The van der Waals surface area contributed by atoms with E-state index in [1.807, 2.05) is 0 Å². The van der Waals surface area contributed by atoms with Crippen molar-refractivity contribution in [3.63, 3.8) is 0 Å². The first-order valence-electron chi connectivity index (χ1n) is 25.3. The van der Waals surface area contributed by atoms with Gasteiger partial charge in [-0.2, -0.15) is 0 Å². The van der Waals surface area contributed by atoms with E-state index in [0.717, 1.165) is 5.69 Å². The first kappa shape index (κ1) is 41.2. The molecule has 0 atom stereocenters. The number of rotatable bonds is 6. The zero-order valence-electron chi connectivity index (χ0n) is 39.9. The van der Waals surface area contributed by atoms with Gasteiger partial charge in [-0.1, -0.05) is 231 Å². The molecule has 338 valence electrons. The maximum atomic E-state index is 2.45. The molecule has 15 aromatic rings. The van der Waals surface area contributed by atoms with Crippen molar-refractivity contribution < 1.29 is 0 Å². The van der Waals surface area contributed by atoms with Gasteiger partial charge in [-0.15, -0.1) is 0 Å². The second-order valence-corrected chi connectivity index (χ2v) is 19.5. The van der Waals surface area contributed by atoms with Gasteiger partial charge in [0.25, 0.3) is 0 Å². The van der Waals surface area contributed by atoms with E-state index in [2.05, 4.69) is 278 Å². The van der Waals surface area contributed by atoms with Gasteiger partial charge in [0.05, 0.1) is 11.0 Å². The van der Waals surface area contributed by atoms with Gasteiger partial charge in [-0.25, -0.2) is 0 Å². The van der Waals surface area contributed by atoms with Crippen LogP contribution in [0.15, 0.2) is 273 Å². The molecule has 0 unspecified atom stereocenters. The van der Waals surface area contributed by atoms with Gasteiger partial charge < -0.3 is 4.57 Å². The summed E-state index contributed by atoms with van der Waals surface area (Å²) in [5, 5.41) is 17.6. The van der Waals surface area contributed by atoms with E-state index < -0.39 is 0 Å². The maximum absolute atomic E-state index is 2.45. The summed E-state index contributed by atoms with van der Waals surface area (Å²) in [7, 11) is 0. The smallest absolute Gasteiger partial charge is 0.0541 e. The molecular formula is C72H45N. The normalized spacial score (nSPS) is 11.8. The number of aromatic nitrogens is 1. The van der Waals surface area contributed by atoms with Crippen molar-refractivity contribution in [3.05, 3.63) is 273 Å². The Balaban J connectivity index is 0.933. The van der Waals surface area contributed by atoms with E-state index in [-0.39, 0.29) is 0 Å². The van der Waals surface area contributed by atoms with Crippen LogP contribution in [-0.2, 0) is 0 Å². The fraction of sp³-hybridized carbons (Fsp3) is 0. The Labute approximate surface area is 423 Å². The molecule has 14 aromatic carbocycles. The highest BCUT2D eigenvalue weighted by Gasteiger charge is 2.20. The molecule has 1 aromatic heterocycles. The lowest BCUT2D eigenvalue weighted by Crippen LogP contribution is -1.94. The molecule has 0 spiro atoms. The minimum absolute atomic E-state index is 1.15. The molecule has 0 aliphatic rings. The van der Waals surface area contributed by atoms with Gasteiger partial charge >= 0.3 is 0 Å². The third-order valence-electron chi connectivity index (χ3n) is 15.6. The van der Waals surface area contributed by atoms with Crippen LogP contribution < -0.4 is 0 Å². The molecule has 0 bridgehead atoms. The van der Waals surface area contributed by atoms with Crippen LogP contribution in [0.5, 0.6) is 0 Å². The van der Waals surface area contributed by atoms with Crippen molar-refractivity contribution in [3.8, 4) is 61.3 Å². The quantitative estimate of drug-likeness (QED) is 0.116. The fourth-order valence-corrected chi connectivity index (χ4v) is 12.1. The van der Waals surface area contributed by atoms with Crippen LogP contribution in [0.3, 0.4) is 0 Å². The molecule has 0 radical (unpaired) electrons. The highest BCUT2D eigenvalue weighted by Crippen LogP contribution is 2.47. The van der Waals surface area contributed by atoms with Gasteiger partial charge in [0.15, 0.2) is 0 Å². The Morgan fingerprint density at radius 2 is 0.616 bits per heavy atom. The van der Waals surface area contributed by atoms with Gasteiger partial charge in [0.2, 0.25) is 0 Å². The van der Waals surface area contributed by atoms with Gasteiger partial charge in [0.1, 0.15) is 0 Å². The summed E-state index contributed by atoms with van der Waals surface area (Å²) in [6.45, 7) is 0. The van der Waals surface area contributed by atoms with E-state index in [0.29, 0.717) is 0 Å². The summed E-state index contributed by atoms with van der Waals surface area (Å²) < 4.78 is 2.41. The molecule has 1 nitrogen and oxygen atoms in total. The summed E-state index contributed by atoms with van der Waals surface area (Å²) in [5.74, 6) is 0. The molecule has 0 amide bonds. The minimum atomic E-state index is 1.15. The van der Waals surface area contributed by atoms with E-state index in [1.165, 1.54) is 142 Å². The van der Waals surface area contributed by atoms with E-state index in [9.17, 15) is 0 Å². The average molecular weight is 924 g/mol. The fourth-order valence-electron chi connectivity index (χ4n) is 12.1. The Hall–Kier alpha value is -9.56. The minimum Gasteiger partial charge on any atom is -0.309 e. The monoisotopic (exact) mass is 923 g/mol. The standard InChI is InChI=1S/C72H45N/c1-4-18-57-48(13-1)16-11-23-59(57)50-31-27-46(28-32-50)53-37-41-62-66(43-53)67-44-54(47-29-33-51(34-30-47)60-24-12-17-49-14-2-5-19-58(49)60)38-42-65(67)72-68(62)45-55-15-3-6-20-61(55)71(72)52-35-39-56(40-36-52)73-69-25-9-7-21-63(69)64-22-8-10-26-70(64)73/h1-45H. The van der Waals surface area contributed by atoms with Crippen molar-refractivity contribution in [2.24, 2.45) is 0 Å². The van der Waals surface area contributed by atoms with Gasteiger partial charge in [-0.3, -0.25) is 0 Å². The molecule has 0 saturated heterocycles. The van der Waals surface area contributed by atoms with E-state index in [4.69, 9.17) is 0 Å². The zero-order chi connectivity index (χ0) is 48.0. The first-order chi connectivity index (χ1) is 36.2. The van der Waals surface area contributed by atoms with Crippen molar-refractivity contribution in [2.75, 3.05) is 0 Å². The van der Waals surface area contributed by atoms with Crippen molar-refractivity contribution in [2.45, 2.75) is 0 Å². The lowest BCUT2D eigenvalue weighted by Gasteiger charge is -2.19. The molecule has 0 aliphatic heterocycles. The summed E-state index contributed by atoms with van der Waals surface area (Å²) in [6, 6.07) is 101. The second kappa shape index (κ2) is 16.5. The van der Waals surface area contributed by atoms with Crippen LogP contribution in [-0.4, -0.2) is 4.57 Å². The van der Waals surface area contributed by atoms with Crippen molar-refractivity contribution >= 4 is 86.4 Å². The molecule has 73 heavy (non-hydrogen) atoms. The van der Waals surface area contributed by atoms with E-state index in [1.54, 1.807) is 0 Å². The van der Waals surface area contributed by atoms with Crippen LogP contribution in [0.2, 0.25) is 0 Å². The van der Waals surface area contributed by atoms with Crippen LogP contribution in [0.1, 0.15) is 0 Å². The van der Waals surface area contributed by atoms with Gasteiger partial charge in [-0.05, 0) is 163 Å². The van der Waals surface area contributed by atoms with Crippen LogP contribution in [0.4, 0.5) is 0 Å². The molecule has 1 heterocycles. The maximum Gasteiger partial charge on any atom is 0.0541 e. The highest BCUT2D eigenvalue weighted by atomic mass is 15.0. The summed E-state index contributed by atoms with van der Waals surface area (Å²) >= 11 is 0. The molecule has 0 saturated carbocycles. The first-order valence-corrected chi connectivity index (χ1v) is 25.3. The van der Waals surface area contributed by atoms with Crippen LogP contribution in [0.25, 0.3) is 148 Å². The van der Waals surface area contributed by atoms with Crippen molar-refractivity contribution in [1.29, 1.82) is 0 Å². The highest BCUT2D eigenvalue weighted by molar-refractivity contribution is 6.32. The molecular weight excluding hydrogens is 879 g/mol. The third-order valence-corrected chi connectivity index (χ3v) is 15.6. The molecule has 0 aliphatic carbocycles. The largest absolute Gasteiger partial charge is 0.309 e. The van der Waals surface area contributed by atoms with E-state index >= 15 is 0 Å². The summed E-state index contributed by atoms with van der Waals surface area (Å²) in [5.41, 5.74) is 15.7. The topological polar surface area (TPSA) is 4.93 Å². The molecule has 1 heteroatoms. The Bertz CT molecular complexity index is 4630. The van der Waals surface area contributed by atoms with Crippen LogP contribution >= 0.6 is 0 Å². The number of para-hydroxylation sites is 2. The molecule has 15 rings (SSSR count). The number of benzene rings is 14. The number of hydrogen-bond donors (Lipinski definition) is 0. The van der Waals surface area contributed by atoms with Gasteiger partial charge in [0, 0.05) is 16.5 Å². The van der Waals surface area contributed by atoms with Crippen LogP contribution in [0, 0.1) is 0 Å². The summed E-state index contributed by atoms with van der Waals surface area (Å²) in [4.78, 5) is 0.